The zero-order valence-electron chi connectivity index (χ0n) is 16.2. The van der Waals surface area contributed by atoms with Crippen LogP contribution in [-0.2, 0) is 14.4 Å². The predicted octanol–water partition coefficient (Wildman–Crippen LogP) is 6.35. The fraction of sp³-hybridized carbons (Fsp3) is 0.130. The summed E-state index contributed by atoms with van der Waals surface area (Å²) in [6.07, 6.45) is -1.02. The number of benzene rings is 3. The van der Waals surface area contributed by atoms with E-state index in [1.54, 1.807) is 35.4 Å². The Kier molecular flexibility index (Phi) is 5.56. The Labute approximate surface area is 203 Å². The first-order valence-corrected chi connectivity index (χ1v) is 11.2. The van der Waals surface area contributed by atoms with Crippen LogP contribution < -0.4 is 9.96 Å². The molecule has 32 heavy (non-hydrogen) atoms. The Morgan fingerprint density at radius 3 is 2.16 bits per heavy atom. The van der Waals surface area contributed by atoms with Gasteiger partial charge in [-0.05, 0) is 48.0 Å². The molecule has 0 spiro atoms. The monoisotopic (exact) mass is 506 g/mol. The molecule has 2 amide bonds. The van der Waals surface area contributed by atoms with Gasteiger partial charge >= 0.3 is 0 Å². The molecule has 3 aromatic rings. The Balaban J connectivity index is 1.61. The molecule has 3 aromatic carbocycles. The van der Waals surface area contributed by atoms with Crippen molar-refractivity contribution >= 4 is 69.6 Å². The number of fused-ring (bicyclic) bond motifs is 1. The van der Waals surface area contributed by atoms with Gasteiger partial charge in [-0.15, -0.1) is 0 Å². The van der Waals surface area contributed by atoms with Crippen molar-refractivity contribution in [2.45, 2.75) is 12.1 Å². The van der Waals surface area contributed by atoms with Gasteiger partial charge in [0, 0.05) is 10.0 Å². The molecule has 2 aliphatic rings. The number of carbonyl (C=O) groups excluding carboxylic acids is 2. The van der Waals surface area contributed by atoms with E-state index in [9.17, 15) is 9.59 Å². The molecule has 2 saturated heterocycles. The van der Waals surface area contributed by atoms with Crippen molar-refractivity contribution in [1.29, 1.82) is 0 Å². The van der Waals surface area contributed by atoms with Crippen LogP contribution in [0.2, 0.25) is 20.1 Å². The van der Waals surface area contributed by atoms with Crippen LogP contribution in [0, 0.1) is 5.92 Å². The number of halogens is 4. The van der Waals surface area contributed by atoms with Crippen molar-refractivity contribution in [1.82, 2.24) is 0 Å². The Bertz CT molecular complexity index is 1240. The van der Waals surface area contributed by atoms with Crippen LogP contribution in [0.5, 0.6) is 0 Å². The van der Waals surface area contributed by atoms with Crippen LogP contribution in [0.25, 0.3) is 0 Å². The normalized spacial score (nSPS) is 22.6. The first-order valence-electron chi connectivity index (χ1n) is 9.65. The van der Waals surface area contributed by atoms with Crippen molar-refractivity contribution in [2.24, 2.45) is 5.92 Å². The maximum Gasteiger partial charge on any atom is 0.266 e. The molecule has 162 valence electrons. The highest BCUT2D eigenvalue weighted by atomic mass is 35.5. The highest BCUT2D eigenvalue weighted by molar-refractivity contribution is 6.42. The number of para-hydroxylation sites is 1. The minimum atomic E-state index is -1.02. The molecule has 5 nitrogen and oxygen atoms in total. The molecular formula is C23H14Cl4N2O3. The summed E-state index contributed by atoms with van der Waals surface area (Å²) in [6.45, 7) is 0. The Morgan fingerprint density at radius 1 is 0.719 bits per heavy atom. The summed E-state index contributed by atoms with van der Waals surface area (Å²) in [5.74, 6) is -1.71. The van der Waals surface area contributed by atoms with Gasteiger partial charge in [0.25, 0.3) is 5.91 Å². The van der Waals surface area contributed by atoms with E-state index in [-0.39, 0.29) is 5.02 Å². The van der Waals surface area contributed by atoms with Gasteiger partial charge < -0.3 is 0 Å². The molecule has 2 aliphatic heterocycles. The van der Waals surface area contributed by atoms with Gasteiger partial charge in [-0.1, -0.05) is 70.7 Å². The number of anilines is 2. The van der Waals surface area contributed by atoms with Gasteiger partial charge in [0.2, 0.25) is 5.91 Å². The van der Waals surface area contributed by atoms with Gasteiger partial charge in [-0.3, -0.25) is 14.4 Å². The SMILES string of the molecule is O=C1C2ON(c3ccccc3)C(c3ccc(Cl)cc3Cl)C2C(=O)N1c1ccc(Cl)c(Cl)c1. The van der Waals surface area contributed by atoms with Gasteiger partial charge in [-0.2, -0.15) is 0 Å². The van der Waals surface area contributed by atoms with Gasteiger partial charge in [0.15, 0.2) is 6.10 Å². The first kappa shape index (κ1) is 21.6. The average Bonchev–Trinajstić information content (AvgIpc) is 3.27. The van der Waals surface area contributed by atoms with Gasteiger partial charge in [-0.25, -0.2) is 9.96 Å². The second-order valence-corrected chi connectivity index (χ2v) is 9.09. The summed E-state index contributed by atoms with van der Waals surface area (Å²) in [6, 6.07) is 18.2. The van der Waals surface area contributed by atoms with Gasteiger partial charge in [0.1, 0.15) is 5.92 Å². The van der Waals surface area contributed by atoms with Gasteiger partial charge in [0.05, 0.1) is 27.5 Å². The smallest absolute Gasteiger partial charge is 0.266 e. The van der Waals surface area contributed by atoms with Crippen LogP contribution in [0.15, 0.2) is 66.7 Å². The zero-order valence-corrected chi connectivity index (χ0v) is 19.2. The number of carbonyl (C=O) groups is 2. The number of hydroxylamine groups is 1. The third-order valence-electron chi connectivity index (χ3n) is 5.57. The predicted molar refractivity (Wildman–Crippen MR) is 125 cm³/mol. The van der Waals surface area contributed by atoms with Crippen molar-refractivity contribution in [3.63, 3.8) is 0 Å². The van der Waals surface area contributed by atoms with Crippen molar-refractivity contribution in [3.8, 4) is 0 Å². The second-order valence-electron chi connectivity index (χ2n) is 7.43. The molecule has 0 bridgehead atoms. The van der Waals surface area contributed by atoms with E-state index < -0.39 is 29.9 Å². The molecule has 0 radical (unpaired) electrons. The molecule has 3 unspecified atom stereocenters. The fourth-order valence-corrected chi connectivity index (χ4v) is 4.96. The van der Waals surface area contributed by atoms with Crippen molar-refractivity contribution in [3.05, 3.63) is 92.4 Å². The molecule has 2 heterocycles. The van der Waals surface area contributed by atoms with E-state index in [4.69, 9.17) is 51.2 Å². The highest BCUT2D eigenvalue weighted by Crippen LogP contribution is 2.49. The van der Waals surface area contributed by atoms with Crippen LogP contribution in [0.1, 0.15) is 11.6 Å². The molecule has 9 heteroatoms. The van der Waals surface area contributed by atoms with E-state index in [2.05, 4.69) is 0 Å². The summed E-state index contributed by atoms with van der Waals surface area (Å²) in [5, 5.41) is 2.98. The van der Waals surface area contributed by atoms with E-state index in [1.165, 1.54) is 6.07 Å². The third kappa shape index (κ3) is 3.45. The van der Waals surface area contributed by atoms with E-state index >= 15 is 0 Å². The van der Waals surface area contributed by atoms with E-state index in [1.807, 2.05) is 30.3 Å². The summed E-state index contributed by atoms with van der Waals surface area (Å²) >= 11 is 24.7. The maximum atomic E-state index is 13.6. The van der Waals surface area contributed by atoms with E-state index in [0.29, 0.717) is 32.0 Å². The minimum absolute atomic E-state index is 0.242. The summed E-state index contributed by atoms with van der Waals surface area (Å²) in [4.78, 5) is 34.1. The largest absolute Gasteiger partial charge is 0.273 e. The lowest BCUT2D eigenvalue weighted by molar-refractivity contribution is -0.126. The highest BCUT2D eigenvalue weighted by Gasteiger charge is 2.60. The zero-order chi connectivity index (χ0) is 22.6. The number of hydrogen-bond acceptors (Lipinski definition) is 4. The quantitative estimate of drug-likeness (QED) is 0.387. The molecule has 0 aromatic heterocycles. The Hall–Kier alpha value is -2.28. The number of hydrogen-bond donors (Lipinski definition) is 0. The molecule has 5 rings (SSSR count). The maximum absolute atomic E-state index is 13.6. The van der Waals surface area contributed by atoms with Crippen LogP contribution >= 0.6 is 46.4 Å². The fourth-order valence-electron chi connectivity index (χ4n) is 4.15. The number of imide groups is 1. The lowest BCUT2D eigenvalue weighted by atomic mass is 9.90. The lowest BCUT2D eigenvalue weighted by Gasteiger charge is -2.29. The van der Waals surface area contributed by atoms with Crippen molar-refractivity contribution < 1.29 is 14.4 Å². The summed E-state index contributed by atoms with van der Waals surface area (Å²) < 4.78 is 0. The van der Waals surface area contributed by atoms with Crippen LogP contribution in [0.4, 0.5) is 11.4 Å². The Morgan fingerprint density at radius 2 is 1.47 bits per heavy atom. The summed E-state index contributed by atoms with van der Waals surface area (Å²) in [7, 11) is 0. The molecule has 0 saturated carbocycles. The molecular weight excluding hydrogens is 494 g/mol. The second kappa shape index (κ2) is 8.25. The topological polar surface area (TPSA) is 49.9 Å². The average molecular weight is 508 g/mol. The molecule has 3 atom stereocenters. The van der Waals surface area contributed by atoms with Crippen LogP contribution in [0.3, 0.4) is 0 Å². The lowest BCUT2D eigenvalue weighted by Crippen LogP contribution is -2.37. The third-order valence-corrected chi connectivity index (χ3v) is 6.87. The van der Waals surface area contributed by atoms with E-state index in [0.717, 1.165) is 4.90 Å². The number of amides is 2. The number of nitrogens with zero attached hydrogens (tertiary/aromatic N) is 2. The molecule has 0 aliphatic carbocycles. The first-order chi connectivity index (χ1) is 15.4. The minimum Gasteiger partial charge on any atom is -0.273 e. The van der Waals surface area contributed by atoms with Crippen LogP contribution in [-0.4, -0.2) is 17.9 Å². The number of rotatable bonds is 3. The molecule has 2 fully saturated rings. The summed E-state index contributed by atoms with van der Waals surface area (Å²) in [5.41, 5.74) is 1.66. The molecule has 0 N–H and O–H groups in total. The van der Waals surface area contributed by atoms with Crippen molar-refractivity contribution in [2.75, 3.05) is 9.96 Å². The standard InChI is InChI=1S/C23H14Cl4N2O3/c24-12-6-8-15(17(26)10-12)20-19-21(32-29(20)13-4-2-1-3-5-13)23(31)28(22(19)30)14-7-9-16(25)18(27)11-14/h1-11,19-21H.